The van der Waals surface area contributed by atoms with Crippen LogP contribution in [-0.4, -0.2) is 35.7 Å². The molecule has 0 bridgehead atoms. The third kappa shape index (κ3) is 2.88. The summed E-state index contributed by atoms with van der Waals surface area (Å²) < 4.78 is 5.25. The number of amidine groups is 1. The number of rotatable bonds is 2. The Morgan fingerprint density at radius 1 is 1.47 bits per heavy atom. The predicted molar refractivity (Wildman–Crippen MR) is 65.5 cm³/mol. The minimum absolute atomic E-state index is 0.217. The molecule has 4 heteroatoms. The number of hydrogen-bond donors (Lipinski definition) is 1. The Labute approximate surface area is 96.1 Å². The van der Waals surface area contributed by atoms with E-state index in [0.717, 1.165) is 18.0 Å². The van der Waals surface area contributed by atoms with Gasteiger partial charge < -0.3 is 10.1 Å². The zero-order valence-electron chi connectivity index (χ0n) is 9.75. The van der Waals surface area contributed by atoms with Crippen LogP contribution in [0.15, 0.2) is 4.99 Å². The van der Waals surface area contributed by atoms with Crippen LogP contribution < -0.4 is 5.32 Å². The molecule has 0 spiro atoms. The topological polar surface area (TPSA) is 33.6 Å². The number of nitrogens with one attached hydrogen (secondary N) is 1. The SMILES string of the molecule is COC1CC(N=C2NC(C)(C)CCS2)C1. The Morgan fingerprint density at radius 3 is 2.80 bits per heavy atom. The summed E-state index contributed by atoms with van der Waals surface area (Å²) in [6, 6.07) is 0.485. The third-order valence-corrected chi connectivity index (χ3v) is 4.00. The molecule has 2 rings (SSSR count). The van der Waals surface area contributed by atoms with Crippen LogP contribution in [0.2, 0.25) is 0 Å². The fourth-order valence-electron chi connectivity index (χ4n) is 1.86. The molecule has 0 aromatic heterocycles. The third-order valence-electron chi connectivity index (χ3n) is 3.11. The molecule has 1 saturated heterocycles. The van der Waals surface area contributed by atoms with E-state index in [1.165, 1.54) is 12.2 Å². The lowest BCUT2D eigenvalue weighted by molar-refractivity contribution is 0.0285. The van der Waals surface area contributed by atoms with E-state index in [4.69, 9.17) is 9.73 Å². The van der Waals surface area contributed by atoms with Crippen molar-refractivity contribution in [3.05, 3.63) is 0 Å². The number of methoxy groups -OCH3 is 1. The molecule has 0 atom stereocenters. The van der Waals surface area contributed by atoms with Crippen LogP contribution in [-0.2, 0) is 4.74 Å². The summed E-state index contributed by atoms with van der Waals surface area (Å²) >= 11 is 1.85. The van der Waals surface area contributed by atoms with Crippen LogP contribution in [0.3, 0.4) is 0 Å². The van der Waals surface area contributed by atoms with Gasteiger partial charge in [-0.15, -0.1) is 0 Å². The summed E-state index contributed by atoms with van der Waals surface area (Å²) in [5.41, 5.74) is 0.217. The lowest BCUT2D eigenvalue weighted by Crippen LogP contribution is -2.47. The van der Waals surface area contributed by atoms with Gasteiger partial charge in [0.25, 0.3) is 0 Å². The second kappa shape index (κ2) is 4.34. The zero-order chi connectivity index (χ0) is 10.9. The van der Waals surface area contributed by atoms with Crippen molar-refractivity contribution in [1.29, 1.82) is 0 Å². The second-order valence-corrected chi connectivity index (χ2v) is 6.11. The Morgan fingerprint density at radius 2 is 2.20 bits per heavy atom. The minimum atomic E-state index is 0.217. The Kier molecular flexibility index (Phi) is 3.26. The first kappa shape index (κ1) is 11.3. The Hall–Kier alpha value is -0.220. The van der Waals surface area contributed by atoms with E-state index in [2.05, 4.69) is 19.2 Å². The Bertz CT molecular complexity index is 259. The molecular weight excluding hydrogens is 208 g/mol. The highest BCUT2D eigenvalue weighted by atomic mass is 32.2. The fourth-order valence-corrected chi connectivity index (χ4v) is 3.24. The quantitative estimate of drug-likeness (QED) is 0.785. The van der Waals surface area contributed by atoms with Gasteiger partial charge in [0, 0.05) is 18.4 Å². The molecule has 2 aliphatic rings. The van der Waals surface area contributed by atoms with Crippen LogP contribution in [0.5, 0.6) is 0 Å². The van der Waals surface area contributed by atoms with Gasteiger partial charge in [-0.25, -0.2) is 0 Å². The van der Waals surface area contributed by atoms with Crippen LogP contribution in [0.4, 0.5) is 0 Å². The van der Waals surface area contributed by atoms with E-state index in [1.807, 2.05) is 11.8 Å². The lowest BCUT2D eigenvalue weighted by Gasteiger charge is -2.35. The van der Waals surface area contributed by atoms with Crippen molar-refractivity contribution < 1.29 is 4.74 Å². The van der Waals surface area contributed by atoms with E-state index in [-0.39, 0.29) is 5.54 Å². The second-order valence-electron chi connectivity index (χ2n) is 5.02. The normalized spacial score (nSPS) is 37.1. The van der Waals surface area contributed by atoms with Crippen molar-refractivity contribution >= 4 is 16.9 Å². The van der Waals surface area contributed by atoms with Gasteiger partial charge in [0.05, 0.1) is 12.1 Å². The lowest BCUT2D eigenvalue weighted by atomic mass is 9.90. The summed E-state index contributed by atoms with van der Waals surface area (Å²) in [6.45, 7) is 4.47. The summed E-state index contributed by atoms with van der Waals surface area (Å²) in [5.74, 6) is 1.18. The van der Waals surface area contributed by atoms with Gasteiger partial charge in [0.15, 0.2) is 5.17 Å². The van der Waals surface area contributed by atoms with E-state index < -0.39 is 0 Å². The van der Waals surface area contributed by atoms with Crippen LogP contribution in [0.1, 0.15) is 33.1 Å². The Balaban J connectivity index is 1.86. The van der Waals surface area contributed by atoms with Crippen molar-refractivity contribution in [3.8, 4) is 0 Å². The van der Waals surface area contributed by atoms with Gasteiger partial charge in [-0.05, 0) is 33.1 Å². The van der Waals surface area contributed by atoms with Gasteiger partial charge in [-0.1, -0.05) is 11.8 Å². The number of hydrogen-bond acceptors (Lipinski definition) is 3. The molecule has 3 nitrogen and oxygen atoms in total. The fraction of sp³-hybridized carbons (Fsp3) is 0.909. The number of aliphatic imine (C=N–C) groups is 1. The van der Waals surface area contributed by atoms with Crippen LogP contribution in [0.25, 0.3) is 0 Å². The molecule has 1 aliphatic heterocycles. The molecular formula is C11H20N2OS. The van der Waals surface area contributed by atoms with Crippen molar-refractivity contribution in [2.75, 3.05) is 12.9 Å². The zero-order valence-corrected chi connectivity index (χ0v) is 10.6. The van der Waals surface area contributed by atoms with E-state index >= 15 is 0 Å². The molecule has 15 heavy (non-hydrogen) atoms. The number of nitrogens with zero attached hydrogens (tertiary/aromatic N) is 1. The smallest absolute Gasteiger partial charge is 0.157 e. The van der Waals surface area contributed by atoms with Gasteiger partial charge in [0.1, 0.15) is 0 Å². The van der Waals surface area contributed by atoms with Gasteiger partial charge in [-0.2, -0.15) is 0 Å². The highest BCUT2D eigenvalue weighted by molar-refractivity contribution is 8.13. The van der Waals surface area contributed by atoms with Gasteiger partial charge in [-0.3, -0.25) is 4.99 Å². The molecule has 2 fully saturated rings. The highest BCUT2D eigenvalue weighted by Gasteiger charge is 2.31. The molecule has 0 amide bonds. The monoisotopic (exact) mass is 228 g/mol. The van der Waals surface area contributed by atoms with Crippen molar-refractivity contribution in [3.63, 3.8) is 0 Å². The molecule has 1 heterocycles. The van der Waals surface area contributed by atoms with Gasteiger partial charge in [0.2, 0.25) is 0 Å². The summed E-state index contributed by atoms with van der Waals surface area (Å²) in [5, 5.41) is 4.63. The van der Waals surface area contributed by atoms with E-state index in [9.17, 15) is 0 Å². The molecule has 1 saturated carbocycles. The predicted octanol–water partition coefficient (Wildman–Crippen LogP) is 2.02. The maximum Gasteiger partial charge on any atom is 0.157 e. The summed E-state index contributed by atoms with van der Waals surface area (Å²) in [6.07, 6.45) is 3.83. The maximum absolute atomic E-state index is 5.25. The van der Waals surface area contributed by atoms with E-state index in [0.29, 0.717) is 12.1 Å². The maximum atomic E-state index is 5.25. The average Bonchev–Trinajstić information content (AvgIpc) is 2.09. The molecule has 1 aliphatic carbocycles. The van der Waals surface area contributed by atoms with Crippen molar-refractivity contribution in [2.24, 2.45) is 4.99 Å². The molecule has 0 aromatic rings. The van der Waals surface area contributed by atoms with Gasteiger partial charge >= 0.3 is 0 Å². The highest BCUT2D eigenvalue weighted by Crippen LogP contribution is 2.28. The molecule has 1 N–H and O–H groups in total. The first-order valence-corrected chi connectivity index (χ1v) is 6.59. The van der Waals surface area contributed by atoms with Crippen molar-refractivity contribution in [1.82, 2.24) is 5.32 Å². The van der Waals surface area contributed by atoms with E-state index in [1.54, 1.807) is 7.11 Å². The molecule has 86 valence electrons. The molecule has 0 radical (unpaired) electrons. The first-order chi connectivity index (χ1) is 7.09. The summed E-state index contributed by atoms with van der Waals surface area (Å²) in [4.78, 5) is 4.72. The van der Waals surface area contributed by atoms with Crippen molar-refractivity contribution in [2.45, 2.75) is 50.8 Å². The summed E-state index contributed by atoms with van der Waals surface area (Å²) in [7, 11) is 1.78. The molecule has 0 unspecified atom stereocenters. The number of ether oxygens (including phenoxy) is 1. The average molecular weight is 228 g/mol. The van der Waals surface area contributed by atoms with Crippen LogP contribution in [0, 0.1) is 0 Å². The largest absolute Gasteiger partial charge is 0.381 e. The first-order valence-electron chi connectivity index (χ1n) is 5.61. The number of thioether (sulfide) groups is 1. The standard InChI is InChI=1S/C11H20N2OS/c1-11(2)4-5-15-10(13-11)12-8-6-9(7-8)14-3/h8-9H,4-7H2,1-3H3,(H,12,13). The molecule has 0 aromatic carbocycles. The minimum Gasteiger partial charge on any atom is -0.381 e. The van der Waals surface area contributed by atoms with Crippen LogP contribution >= 0.6 is 11.8 Å².